The van der Waals surface area contributed by atoms with Crippen LogP contribution in [0.3, 0.4) is 0 Å². The number of primary amides is 1. The van der Waals surface area contributed by atoms with Gasteiger partial charge in [0.05, 0.1) is 6.42 Å². The summed E-state index contributed by atoms with van der Waals surface area (Å²) in [6.07, 6.45) is 0.0436. The van der Waals surface area contributed by atoms with Gasteiger partial charge in [-0.05, 0) is 28.8 Å². The number of amides is 1. The number of halogens is 1. The van der Waals surface area contributed by atoms with Gasteiger partial charge in [0.1, 0.15) is 5.82 Å². The molecule has 2 N–H and O–H groups in total. The molecule has 0 heterocycles. The first-order valence-corrected chi connectivity index (χ1v) is 5.29. The Morgan fingerprint density at radius 1 is 1.12 bits per heavy atom. The molecule has 86 valence electrons. The van der Waals surface area contributed by atoms with Crippen LogP contribution in [0.4, 0.5) is 4.39 Å². The lowest BCUT2D eigenvalue weighted by molar-refractivity contribution is -0.117. The van der Waals surface area contributed by atoms with Gasteiger partial charge in [0, 0.05) is 0 Å². The van der Waals surface area contributed by atoms with Crippen molar-refractivity contribution >= 4 is 5.91 Å². The van der Waals surface area contributed by atoms with Crippen molar-refractivity contribution in [2.24, 2.45) is 5.73 Å². The monoisotopic (exact) mass is 229 g/mol. The Morgan fingerprint density at radius 3 is 2.47 bits per heavy atom. The first kappa shape index (κ1) is 11.3. The molecule has 0 aliphatic heterocycles. The third kappa shape index (κ3) is 2.69. The smallest absolute Gasteiger partial charge is 0.221 e. The van der Waals surface area contributed by atoms with Crippen LogP contribution in [0.5, 0.6) is 0 Å². The molecule has 2 aromatic carbocycles. The van der Waals surface area contributed by atoms with Crippen molar-refractivity contribution in [2.45, 2.75) is 6.42 Å². The summed E-state index contributed by atoms with van der Waals surface area (Å²) in [5, 5.41) is 0. The van der Waals surface area contributed by atoms with Crippen LogP contribution >= 0.6 is 0 Å². The lowest BCUT2D eigenvalue weighted by Gasteiger charge is -2.08. The van der Waals surface area contributed by atoms with Crippen molar-refractivity contribution in [1.82, 2.24) is 0 Å². The number of carbonyl (C=O) groups is 1. The number of nitrogens with two attached hydrogens (primary N) is 1. The minimum Gasteiger partial charge on any atom is -0.369 e. The van der Waals surface area contributed by atoms with Crippen LogP contribution in [-0.2, 0) is 11.2 Å². The Bertz CT molecular complexity index is 537. The Kier molecular flexibility index (Phi) is 3.19. The van der Waals surface area contributed by atoms with Gasteiger partial charge in [-0.1, -0.05) is 36.4 Å². The van der Waals surface area contributed by atoms with E-state index in [1.54, 1.807) is 6.07 Å². The molecule has 2 rings (SSSR count). The highest BCUT2D eigenvalue weighted by atomic mass is 19.1. The fraction of sp³-hybridized carbons (Fsp3) is 0.0714. The van der Waals surface area contributed by atoms with Crippen LogP contribution in [0.1, 0.15) is 5.56 Å². The third-order valence-corrected chi connectivity index (χ3v) is 2.52. The topological polar surface area (TPSA) is 43.1 Å². The van der Waals surface area contributed by atoms with Crippen molar-refractivity contribution in [3.05, 3.63) is 59.9 Å². The van der Waals surface area contributed by atoms with Crippen LogP contribution in [0, 0.1) is 5.82 Å². The summed E-state index contributed by atoms with van der Waals surface area (Å²) in [5.74, 6) is -0.825. The summed E-state index contributed by atoms with van der Waals surface area (Å²) < 4.78 is 13.2. The molecule has 1 amide bonds. The Hall–Kier alpha value is -2.16. The molecule has 0 spiro atoms. The second kappa shape index (κ2) is 4.78. The van der Waals surface area contributed by atoms with Gasteiger partial charge >= 0.3 is 0 Å². The minimum atomic E-state index is -0.465. The molecule has 2 aromatic rings. The number of rotatable bonds is 3. The van der Waals surface area contributed by atoms with Gasteiger partial charge in [-0.25, -0.2) is 4.39 Å². The maximum Gasteiger partial charge on any atom is 0.221 e. The summed E-state index contributed by atoms with van der Waals surface area (Å²) in [6, 6.07) is 13.9. The van der Waals surface area contributed by atoms with Crippen LogP contribution in [0.2, 0.25) is 0 Å². The fourth-order valence-electron chi connectivity index (χ4n) is 1.80. The highest BCUT2D eigenvalue weighted by molar-refractivity contribution is 5.80. The van der Waals surface area contributed by atoms with Crippen molar-refractivity contribution in [2.75, 3.05) is 0 Å². The van der Waals surface area contributed by atoms with Gasteiger partial charge in [0.2, 0.25) is 5.91 Å². The molecular formula is C14H12FNO. The standard InChI is InChI=1S/C14H12FNO/c15-12-6-7-13(10-4-2-1-3-5-10)11(8-12)9-14(16)17/h1-8H,9H2,(H2,16,17). The molecule has 3 heteroatoms. The zero-order valence-corrected chi connectivity index (χ0v) is 9.19. The van der Waals surface area contributed by atoms with Crippen molar-refractivity contribution in [3.63, 3.8) is 0 Å². The number of hydrogen-bond acceptors (Lipinski definition) is 1. The van der Waals surface area contributed by atoms with E-state index in [1.165, 1.54) is 12.1 Å². The highest BCUT2D eigenvalue weighted by Crippen LogP contribution is 2.24. The molecule has 0 bridgehead atoms. The first-order valence-electron chi connectivity index (χ1n) is 5.29. The van der Waals surface area contributed by atoms with Gasteiger partial charge < -0.3 is 5.73 Å². The number of hydrogen-bond donors (Lipinski definition) is 1. The molecular weight excluding hydrogens is 217 g/mol. The largest absolute Gasteiger partial charge is 0.369 e. The Morgan fingerprint density at radius 2 is 1.82 bits per heavy atom. The Labute approximate surface area is 98.9 Å². The molecule has 0 aromatic heterocycles. The second-order valence-corrected chi connectivity index (χ2v) is 3.81. The average Bonchev–Trinajstić information content (AvgIpc) is 2.29. The summed E-state index contributed by atoms with van der Waals surface area (Å²) >= 11 is 0. The van der Waals surface area contributed by atoms with E-state index in [-0.39, 0.29) is 12.2 Å². The highest BCUT2D eigenvalue weighted by Gasteiger charge is 2.08. The molecule has 0 saturated heterocycles. The molecule has 2 nitrogen and oxygen atoms in total. The van der Waals surface area contributed by atoms with E-state index in [4.69, 9.17) is 5.73 Å². The number of carbonyl (C=O) groups excluding carboxylic acids is 1. The van der Waals surface area contributed by atoms with Gasteiger partial charge in [-0.2, -0.15) is 0 Å². The summed E-state index contributed by atoms with van der Waals surface area (Å²) in [5.41, 5.74) is 7.56. The third-order valence-electron chi connectivity index (χ3n) is 2.52. The van der Waals surface area contributed by atoms with Crippen LogP contribution in [-0.4, -0.2) is 5.91 Å². The van der Waals surface area contributed by atoms with E-state index < -0.39 is 5.91 Å². The molecule has 0 saturated carbocycles. The summed E-state index contributed by atoms with van der Waals surface area (Å²) in [6.45, 7) is 0. The van der Waals surface area contributed by atoms with Gasteiger partial charge in [0.25, 0.3) is 0 Å². The first-order chi connectivity index (χ1) is 8.16. The summed E-state index contributed by atoms with van der Waals surface area (Å²) in [4.78, 5) is 11.0. The van der Waals surface area contributed by atoms with Crippen molar-refractivity contribution in [1.29, 1.82) is 0 Å². The fourth-order valence-corrected chi connectivity index (χ4v) is 1.80. The zero-order valence-electron chi connectivity index (χ0n) is 9.19. The van der Waals surface area contributed by atoms with Crippen LogP contribution < -0.4 is 5.73 Å². The predicted molar refractivity (Wildman–Crippen MR) is 64.7 cm³/mol. The second-order valence-electron chi connectivity index (χ2n) is 3.81. The lowest BCUT2D eigenvalue weighted by atomic mass is 9.97. The van der Waals surface area contributed by atoms with E-state index in [9.17, 15) is 9.18 Å². The van der Waals surface area contributed by atoms with Crippen LogP contribution in [0.25, 0.3) is 11.1 Å². The quantitative estimate of drug-likeness (QED) is 0.863. The maximum absolute atomic E-state index is 13.2. The lowest BCUT2D eigenvalue weighted by Crippen LogP contribution is -2.14. The van der Waals surface area contributed by atoms with Gasteiger partial charge in [0.15, 0.2) is 0 Å². The molecule has 0 unspecified atom stereocenters. The van der Waals surface area contributed by atoms with E-state index in [0.717, 1.165) is 11.1 Å². The molecule has 0 radical (unpaired) electrons. The van der Waals surface area contributed by atoms with Crippen LogP contribution in [0.15, 0.2) is 48.5 Å². The normalized spacial score (nSPS) is 10.2. The molecule has 0 aliphatic rings. The minimum absolute atomic E-state index is 0.0436. The summed E-state index contributed by atoms with van der Waals surface area (Å²) in [7, 11) is 0. The zero-order chi connectivity index (χ0) is 12.3. The van der Waals surface area contributed by atoms with Crippen molar-refractivity contribution in [3.8, 4) is 11.1 Å². The SMILES string of the molecule is NC(=O)Cc1cc(F)ccc1-c1ccccc1. The molecule has 0 aliphatic carbocycles. The average molecular weight is 229 g/mol. The maximum atomic E-state index is 13.2. The Balaban J connectivity index is 2.50. The van der Waals surface area contributed by atoms with Crippen molar-refractivity contribution < 1.29 is 9.18 Å². The number of benzene rings is 2. The molecule has 17 heavy (non-hydrogen) atoms. The van der Waals surface area contributed by atoms with E-state index >= 15 is 0 Å². The predicted octanol–water partition coefficient (Wildman–Crippen LogP) is 2.52. The van der Waals surface area contributed by atoms with E-state index in [2.05, 4.69) is 0 Å². The van der Waals surface area contributed by atoms with Gasteiger partial charge in [-0.3, -0.25) is 4.79 Å². The van der Waals surface area contributed by atoms with Gasteiger partial charge in [-0.15, -0.1) is 0 Å². The van der Waals surface area contributed by atoms with E-state index in [1.807, 2.05) is 30.3 Å². The molecule has 0 fully saturated rings. The van der Waals surface area contributed by atoms with E-state index in [0.29, 0.717) is 5.56 Å². The molecule has 0 atom stereocenters.